The van der Waals surface area contributed by atoms with Crippen molar-refractivity contribution in [2.24, 2.45) is 11.8 Å². The van der Waals surface area contributed by atoms with Crippen molar-refractivity contribution in [3.8, 4) is 11.8 Å². The van der Waals surface area contributed by atoms with Gasteiger partial charge in [0, 0.05) is 24.3 Å². The van der Waals surface area contributed by atoms with E-state index in [0.29, 0.717) is 25.3 Å². The summed E-state index contributed by atoms with van der Waals surface area (Å²) in [6, 6.07) is 3.84. The van der Waals surface area contributed by atoms with Gasteiger partial charge in [0.05, 0.1) is 9.24 Å². The lowest BCUT2D eigenvalue weighted by molar-refractivity contribution is -0.178. The first kappa shape index (κ1) is 12.3. The largest absolute Gasteiger partial charge is 0.447 e. The molecule has 5 atom stereocenters. The number of nitrogens with zero attached hydrogens (tertiary/aromatic N) is 1. The van der Waals surface area contributed by atoms with Crippen LogP contribution in [-0.2, 0) is 15.1 Å². The molecule has 1 N–H and O–H groups in total. The lowest BCUT2D eigenvalue weighted by atomic mass is 9.70. The summed E-state index contributed by atoms with van der Waals surface area (Å²) in [6.07, 6.45) is 1.56. The zero-order chi connectivity index (χ0) is 32.5. The first-order valence-electron chi connectivity index (χ1n) is 16.1. The SMILES string of the molecule is [2H]OC(C(=O)OC(C)C#CC([2H])([2H])N(C([2H])([2H])C([2H])([2H])[2H])C([2H])(C)C([2H])([2H])[2H])(c1ccc(C)cc1)C1CCCC(C)C1. The van der Waals surface area contributed by atoms with E-state index in [1.54, 1.807) is 24.3 Å². The van der Waals surface area contributed by atoms with E-state index >= 15 is 0 Å². The van der Waals surface area contributed by atoms with Crippen LogP contribution in [0.25, 0.3) is 0 Å². The maximum Gasteiger partial charge on any atom is 0.344 e. The maximum atomic E-state index is 13.8. The lowest BCUT2D eigenvalue weighted by Gasteiger charge is -2.39. The molecule has 0 aromatic heterocycles. The fourth-order valence-corrected chi connectivity index (χ4v) is 3.79. The minimum Gasteiger partial charge on any atom is -0.447 e. The standard InChI is InChI=1S/C26H39NO3/c1-7-27(19(2)3)17-9-11-22(6)30-25(28)26(29,23-15-13-20(4)14-16-23)24-12-8-10-21(5)18-24/h13-16,19,21-22,24,29H,7-8,10,12,17-18H2,1-6H3/i1D3,2D3,7D2,17D2,19D,29D. The van der Waals surface area contributed by atoms with E-state index in [0.717, 1.165) is 18.4 Å². The number of esters is 1. The fourth-order valence-electron chi connectivity index (χ4n) is 3.79. The molecule has 30 heavy (non-hydrogen) atoms. The molecule has 1 aromatic carbocycles. The Bertz CT molecular complexity index is 1130. The molecule has 1 fully saturated rings. The Morgan fingerprint density at radius 3 is 2.87 bits per heavy atom. The first-order chi connectivity index (χ1) is 18.9. The molecule has 0 aliphatic heterocycles. The molecule has 0 bridgehead atoms. The quantitative estimate of drug-likeness (QED) is 0.485. The second-order valence-corrected chi connectivity index (χ2v) is 8.03. The third-order valence-electron chi connectivity index (χ3n) is 5.47. The van der Waals surface area contributed by atoms with Gasteiger partial charge in [-0.15, -0.1) is 0 Å². The molecule has 1 aliphatic rings. The summed E-state index contributed by atoms with van der Waals surface area (Å²) in [5.74, 6) is 3.23. The average Bonchev–Trinajstić information content (AvgIpc) is 2.83. The number of hydrogen-bond acceptors (Lipinski definition) is 4. The normalized spacial score (nSPS) is 31.8. The van der Waals surface area contributed by atoms with Gasteiger partial charge in [-0.25, -0.2) is 4.79 Å². The van der Waals surface area contributed by atoms with E-state index in [9.17, 15) is 4.79 Å². The number of ether oxygens (including phenoxy) is 1. The number of aryl methyl sites for hydroxylation is 1. The molecule has 1 aromatic rings. The monoisotopic (exact) mass is 425 g/mol. The summed E-state index contributed by atoms with van der Waals surface area (Å²) >= 11 is 0. The minimum atomic E-state index is -3.63. The van der Waals surface area contributed by atoms with Gasteiger partial charge in [-0.1, -0.05) is 68.3 Å². The van der Waals surface area contributed by atoms with Gasteiger partial charge in [0.2, 0.25) is 1.43 Å². The molecule has 0 saturated heterocycles. The van der Waals surface area contributed by atoms with Gasteiger partial charge >= 0.3 is 5.97 Å². The Morgan fingerprint density at radius 2 is 2.23 bits per heavy atom. The molecule has 5 unspecified atom stereocenters. The van der Waals surface area contributed by atoms with Gasteiger partial charge in [-0.05, 0) is 58.4 Å². The van der Waals surface area contributed by atoms with Crippen LogP contribution in [0.4, 0.5) is 0 Å². The summed E-state index contributed by atoms with van der Waals surface area (Å²) < 4.78 is 101. The van der Waals surface area contributed by atoms with E-state index in [1.807, 2.05) is 19.8 Å². The Kier molecular flexibility index (Phi) is 4.49. The third-order valence-corrected chi connectivity index (χ3v) is 5.47. The van der Waals surface area contributed by atoms with Crippen LogP contribution < -0.4 is 0 Å². The minimum absolute atomic E-state index is 0.235. The molecule has 0 amide bonds. The molecule has 4 heteroatoms. The predicted octanol–water partition coefficient (Wildman–Crippen LogP) is 4.67. The molecule has 4 nitrogen and oxygen atoms in total. The Morgan fingerprint density at radius 1 is 1.47 bits per heavy atom. The van der Waals surface area contributed by atoms with Crippen LogP contribution in [0.1, 0.15) is 86.4 Å². The van der Waals surface area contributed by atoms with Crippen molar-refractivity contribution >= 4 is 5.97 Å². The second kappa shape index (κ2) is 11.0. The van der Waals surface area contributed by atoms with Crippen LogP contribution in [-0.4, -0.2) is 42.5 Å². The molecule has 1 saturated carbocycles. The van der Waals surface area contributed by atoms with E-state index in [1.165, 1.54) is 6.92 Å². The number of aliphatic hydroxyl groups is 1. The maximum absolute atomic E-state index is 13.8. The van der Waals surface area contributed by atoms with Crippen molar-refractivity contribution in [1.82, 2.24) is 4.90 Å². The van der Waals surface area contributed by atoms with Crippen molar-refractivity contribution in [2.75, 3.05) is 13.0 Å². The van der Waals surface area contributed by atoms with Gasteiger partial charge in [0.15, 0.2) is 11.7 Å². The second-order valence-electron chi connectivity index (χ2n) is 8.03. The number of carbonyl (C=O) groups is 1. The Balaban J connectivity index is 2.52. The zero-order valence-corrected chi connectivity index (χ0v) is 18.0. The molecule has 0 radical (unpaired) electrons. The molecular formula is C26H39NO3. The highest BCUT2D eigenvalue weighted by atomic mass is 16.6. The number of hydrogen-bond donors (Lipinski definition) is 1. The highest BCUT2D eigenvalue weighted by molar-refractivity contribution is 5.82. The van der Waals surface area contributed by atoms with Crippen LogP contribution in [0, 0.1) is 30.6 Å². The lowest BCUT2D eigenvalue weighted by Crippen LogP contribution is -2.46. The van der Waals surface area contributed by atoms with Crippen molar-refractivity contribution in [1.29, 1.82) is 1.43 Å². The molecule has 0 spiro atoms. The summed E-state index contributed by atoms with van der Waals surface area (Å²) in [6.45, 7) is -7.96. The van der Waals surface area contributed by atoms with Gasteiger partial charge in [-0.2, -0.15) is 0 Å². The van der Waals surface area contributed by atoms with Gasteiger partial charge in [0.1, 0.15) is 0 Å². The van der Waals surface area contributed by atoms with Crippen LogP contribution in [0.15, 0.2) is 24.3 Å². The van der Waals surface area contributed by atoms with Crippen molar-refractivity contribution in [3.05, 3.63) is 35.4 Å². The highest BCUT2D eigenvalue weighted by Crippen LogP contribution is 2.42. The predicted molar refractivity (Wildman–Crippen MR) is 122 cm³/mol. The first-order valence-corrected chi connectivity index (χ1v) is 10.2. The van der Waals surface area contributed by atoms with Crippen LogP contribution in [0.3, 0.4) is 0 Å². The number of benzene rings is 1. The molecule has 1 aliphatic carbocycles. The number of rotatable bonds is 8. The molecular weight excluding hydrogens is 374 g/mol. The van der Waals surface area contributed by atoms with Crippen LogP contribution in [0.2, 0.25) is 0 Å². The topological polar surface area (TPSA) is 49.8 Å². The summed E-state index contributed by atoms with van der Waals surface area (Å²) in [5.41, 5.74) is -0.491. The van der Waals surface area contributed by atoms with Gasteiger partial charge < -0.3 is 9.85 Å². The van der Waals surface area contributed by atoms with E-state index in [4.69, 9.17) is 26.4 Å². The van der Waals surface area contributed by atoms with E-state index in [-0.39, 0.29) is 10.8 Å². The van der Waals surface area contributed by atoms with Crippen LogP contribution in [0.5, 0.6) is 0 Å². The highest BCUT2D eigenvalue weighted by Gasteiger charge is 2.48. The van der Waals surface area contributed by atoms with Gasteiger partial charge in [0.25, 0.3) is 0 Å². The van der Waals surface area contributed by atoms with E-state index in [2.05, 4.69) is 5.92 Å². The van der Waals surface area contributed by atoms with Crippen molar-refractivity contribution in [3.63, 3.8) is 0 Å². The zero-order valence-electron chi connectivity index (χ0n) is 30.0. The van der Waals surface area contributed by atoms with Crippen molar-refractivity contribution < 1.29 is 29.7 Å². The van der Waals surface area contributed by atoms with Crippen molar-refractivity contribution in [2.45, 2.75) is 84.8 Å². The molecule has 166 valence electrons. The molecule has 2 rings (SSSR count). The summed E-state index contributed by atoms with van der Waals surface area (Å²) in [4.78, 5) is 13.5. The van der Waals surface area contributed by atoms with Gasteiger partial charge in [-0.3, -0.25) is 4.90 Å². The van der Waals surface area contributed by atoms with Crippen LogP contribution >= 0.6 is 0 Å². The summed E-state index contributed by atoms with van der Waals surface area (Å²) in [7, 11) is 0. The third kappa shape index (κ3) is 6.09. The fraction of sp³-hybridized carbons (Fsp3) is 0.654. The summed E-state index contributed by atoms with van der Waals surface area (Å²) in [5, 5.41) is 5.21. The molecule has 0 heterocycles. The smallest absolute Gasteiger partial charge is 0.344 e. The number of carbonyl (C=O) groups excluding carboxylic acids is 1. The van der Waals surface area contributed by atoms with E-state index < -0.39 is 56.3 Å². The average molecular weight is 426 g/mol. The Hall–Kier alpha value is -1.83. The Labute approximate surface area is 199 Å².